The standard InChI is InChI=1S/C12H22/c1-6-9(2)7-10(3)11-8-12(11,4)5/h10-11H,2,6-8H2,1,3-5H3. The Morgan fingerprint density at radius 3 is 2.42 bits per heavy atom. The summed E-state index contributed by atoms with van der Waals surface area (Å²) in [7, 11) is 0. The van der Waals surface area contributed by atoms with Gasteiger partial charge in [0.1, 0.15) is 0 Å². The van der Waals surface area contributed by atoms with E-state index in [2.05, 4.69) is 34.3 Å². The van der Waals surface area contributed by atoms with E-state index in [1.165, 1.54) is 18.4 Å². The molecule has 1 fully saturated rings. The smallest absolute Gasteiger partial charge is 0.0294 e. The van der Waals surface area contributed by atoms with Crippen molar-refractivity contribution in [3.63, 3.8) is 0 Å². The van der Waals surface area contributed by atoms with Crippen molar-refractivity contribution in [2.24, 2.45) is 17.3 Å². The molecule has 0 aromatic rings. The third-order valence-corrected chi connectivity index (χ3v) is 3.39. The van der Waals surface area contributed by atoms with Crippen molar-refractivity contribution < 1.29 is 0 Å². The Kier molecular flexibility index (Phi) is 2.65. The maximum absolute atomic E-state index is 4.07. The van der Waals surface area contributed by atoms with Crippen molar-refractivity contribution in [2.45, 2.75) is 47.0 Å². The van der Waals surface area contributed by atoms with Crippen LogP contribution < -0.4 is 0 Å². The summed E-state index contributed by atoms with van der Waals surface area (Å²) in [5.74, 6) is 1.81. The second kappa shape index (κ2) is 3.24. The van der Waals surface area contributed by atoms with Crippen LogP contribution in [0.5, 0.6) is 0 Å². The SMILES string of the molecule is C=C(CC)CC(C)C1CC1(C)C. The summed E-state index contributed by atoms with van der Waals surface area (Å²) in [6.45, 7) is 13.4. The number of hydrogen-bond acceptors (Lipinski definition) is 0. The molecule has 70 valence electrons. The van der Waals surface area contributed by atoms with E-state index in [0.717, 1.165) is 18.3 Å². The highest BCUT2D eigenvalue weighted by molar-refractivity contribution is 5.03. The second-order valence-corrected chi connectivity index (χ2v) is 5.08. The minimum Gasteiger partial charge on any atom is -0.0999 e. The van der Waals surface area contributed by atoms with Crippen molar-refractivity contribution in [1.29, 1.82) is 0 Å². The van der Waals surface area contributed by atoms with Crippen molar-refractivity contribution in [3.8, 4) is 0 Å². The van der Waals surface area contributed by atoms with Gasteiger partial charge in [0.2, 0.25) is 0 Å². The molecule has 0 saturated heterocycles. The summed E-state index contributed by atoms with van der Waals surface area (Å²) in [5.41, 5.74) is 2.05. The first kappa shape index (κ1) is 9.83. The van der Waals surface area contributed by atoms with Crippen LogP contribution in [0.2, 0.25) is 0 Å². The van der Waals surface area contributed by atoms with Gasteiger partial charge < -0.3 is 0 Å². The monoisotopic (exact) mass is 166 g/mol. The van der Waals surface area contributed by atoms with Crippen LogP contribution in [0, 0.1) is 17.3 Å². The predicted octanol–water partition coefficient (Wildman–Crippen LogP) is 4.02. The van der Waals surface area contributed by atoms with Crippen LogP contribution >= 0.6 is 0 Å². The summed E-state index contributed by atoms with van der Waals surface area (Å²) >= 11 is 0. The van der Waals surface area contributed by atoms with Crippen LogP contribution in [0.1, 0.15) is 47.0 Å². The summed E-state index contributed by atoms with van der Waals surface area (Å²) in [5, 5.41) is 0. The zero-order valence-corrected chi connectivity index (χ0v) is 8.98. The third kappa shape index (κ3) is 2.12. The molecule has 0 spiro atoms. The predicted molar refractivity (Wildman–Crippen MR) is 55.1 cm³/mol. The zero-order chi connectivity index (χ0) is 9.35. The molecule has 2 unspecified atom stereocenters. The van der Waals surface area contributed by atoms with Crippen molar-refractivity contribution in [1.82, 2.24) is 0 Å². The molecule has 1 aliphatic rings. The van der Waals surface area contributed by atoms with Crippen LogP contribution in [0.3, 0.4) is 0 Å². The van der Waals surface area contributed by atoms with Gasteiger partial charge in [-0.05, 0) is 36.5 Å². The second-order valence-electron chi connectivity index (χ2n) is 5.08. The molecular formula is C12H22. The Morgan fingerprint density at radius 1 is 1.58 bits per heavy atom. The van der Waals surface area contributed by atoms with Gasteiger partial charge in [-0.1, -0.05) is 39.8 Å². The van der Waals surface area contributed by atoms with Gasteiger partial charge in [0.05, 0.1) is 0 Å². The number of hydrogen-bond donors (Lipinski definition) is 0. The molecule has 1 saturated carbocycles. The Morgan fingerprint density at radius 2 is 2.08 bits per heavy atom. The minimum absolute atomic E-state index is 0.632. The first-order chi connectivity index (χ1) is 5.47. The molecule has 0 nitrogen and oxygen atoms in total. The van der Waals surface area contributed by atoms with E-state index in [-0.39, 0.29) is 0 Å². The van der Waals surface area contributed by atoms with Crippen LogP contribution in [-0.4, -0.2) is 0 Å². The van der Waals surface area contributed by atoms with E-state index in [1.54, 1.807) is 0 Å². The van der Waals surface area contributed by atoms with E-state index < -0.39 is 0 Å². The quantitative estimate of drug-likeness (QED) is 0.553. The maximum atomic E-state index is 4.07. The maximum Gasteiger partial charge on any atom is -0.0294 e. The molecule has 0 heteroatoms. The fourth-order valence-electron chi connectivity index (χ4n) is 2.22. The van der Waals surface area contributed by atoms with E-state index >= 15 is 0 Å². The molecule has 0 amide bonds. The molecule has 0 bridgehead atoms. The Labute approximate surface area is 77.1 Å². The molecule has 0 aliphatic heterocycles. The van der Waals surface area contributed by atoms with Crippen LogP contribution in [0.25, 0.3) is 0 Å². The van der Waals surface area contributed by atoms with Crippen LogP contribution in [0.4, 0.5) is 0 Å². The first-order valence-corrected chi connectivity index (χ1v) is 5.14. The van der Waals surface area contributed by atoms with Gasteiger partial charge in [-0.15, -0.1) is 0 Å². The van der Waals surface area contributed by atoms with Gasteiger partial charge >= 0.3 is 0 Å². The molecule has 1 aliphatic carbocycles. The molecular weight excluding hydrogens is 144 g/mol. The van der Waals surface area contributed by atoms with Gasteiger partial charge in [-0.25, -0.2) is 0 Å². The zero-order valence-electron chi connectivity index (χ0n) is 8.98. The highest BCUT2D eigenvalue weighted by Gasteiger charge is 2.48. The van der Waals surface area contributed by atoms with E-state index in [0.29, 0.717) is 5.41 Å². The minimum atomic E-state index is 0.632. The third-order valence-electron chi connectivity index (χ3n) is 3.39. The lowest BCUT2D eigenvalue weighted by Crippen LogP contribution is -2.03. The molecule has 1 rings (SSSR count). The molecule has 2 atom stereocenters. The fourth-order valence-corrected chi connectivity index (χ4v) is 2.22. The summed E-state index contributed by atoms with van der Waals surface area (Å²) in [6.07, 6.45) is 3.81. The highest BCUT2D eigenvalue weighted by atomic mass is 14.5. The number of rotatable bonds is 4. The summed E-state index contributed by atoms with van der Waals surface area (Å²) in [4.78, 5) is 0. The summed E-state index contributed by atoms with van der Waals surface area (Å²) in [6, 6.07) is 0. The van der Waals surface area contributed by atoms with Crippen molar-refractivity contribution in [3.05, 3.63) is 12.2 Å². The molecule has 0 aromatic heterocycles. The average molecular weight is 166 g/mol. The Balaban J connectivity index is 2.31. The lowest BCUT2D eigenvalue weighted by atomic mass is 9.92. The van der Waals surface area contributed by atoms with E-state index in [9.17, 15) is 0 Å². The van der Waals surface area contributed by atoms with E-state index in [4.69, 9.17) is 0 Å². The van der Waals surface area contributed by atoms with Crippen molar-refractivity contribution in [2.75, 3.05) is 0 Å². The van der Waals surface area contributed by atoms with Crippen LogP contribution in [-0.2, 0) is 0 Å². The van der Waals surface area contributed by atoms with Crippen LogP contribution in [0.15, 0.2) is 12.2 Å². The van der Waals surface area contributed by atoms with Crippen molar-refractivity contribution >= 4 is 0 Å². The lowest BCUT2D eigenvalue weighted by molar-refractivity contribution is 0.417. The van der Waals surface area contributed by atoms with Gasteiger partial charge in [0.25, 0.3) is 0 Å². The largest absolute Gasteiger partial charge is 0.0999 e. The van der Waals surface area contributed by atoms with E-state index in [1.807, 2.05) is 0 Å². The normalized spacial score (nSPS) is 28.2. The Bertz CT molecular complexity index is 176. The summed E-state index contributed by atoms with van der Waals surface area (Å²) < 4.78 is 0. The Hall–Kier alpha value is -0.260. The van der Waals surface area contributed by atoms with Gasteiger partial charge in [-0.2, -0.15) is 0 Å². The average Bonchev–Trinajstić information content (AvgIpc) is 2.59. The van der Waals surface area contributed by atoms with Gasteiger partial charge in [0, 0.05) is 0 Å². The first-order valence-electron chi connectivity index (χ1n) is 5.14. The lowest BCUT2D eigenvalue weighted by Gasteiger charge is -2.13. The van der Waals surface area contributed by atoms with Gasteiger partial charge in [0.15, 0.2) is 0 Å². The molecule has 0 aromatic carbocycles. The highest BCUT2D eigenvalue weighted by Crippen LogP contribution is 2.56. The molecule has 12 heavy (non-hydrogen) atoms. The van der Waals surface area contributed by atoms with Gasteiger partial charge in [-0.3, -0.25) is 0 Å². The fraction of sp³-hybridized carbons (Fsp3) is 0.833. The molecule has 0 heterocycles. The number of allylic oxidation sites excluding steroid dienone is 1. The molecule has 0 N–H and O–H groups in total. The topological polar surface area (TPSA) is 0 Å². The molecule has 0 radical (unpaired) electrons.